The van der Waals surface area contributed by atoms with Crippen molar-refractivity contribution in [2.75, 3.05) is 6.54 Å². The molecule has 4 heteroatoms. The first kappa shape index (κ1) is 10.8. The number of imidazole rings is 1. The van der Waals surface area contributed by atoms with Gasteiger partial charge in [-0.05, 0) is 38.5 Å². The van der Waals surface area contributed by atoms with E-state index in [4.69, 9.17) is 0 Å². The van der Waals surface area contributed by atoms with E-state index in [9.17, 15) is 4.79 Å². The molecule has 3 rings (SSSR count). The molecule has 4 nitrogen and oxygen atoms in total. The first-order valence-electron chi connectivity index (χ1n) is 6.65. The monoisotopic (exact) mass is 233 g/mol. The SMILES string of the molecule is O=C1NCC[C@@H]1CCn1cnc2c1CCCC2. The second-order valence-corrected chi connectivity index (χ2v) is 5.10. The molecule has 2 aliphatic rings. The third kappa shape index (κ3) is 2.08. The minimum Gasteiger partial charge on any atom is -0.356 e. The first-order valence-corrected chi connectivity index (χ1v) is 6.65. The molecule has 1 fully saturated rings. The molecular weight excluding hydrogens is 214 g/mol. The van der Waals surface area contributed by atoms with Crippen molar-refractivity contribution in [1.82, 2.24) is 14.9 Å². The van der Waals surface area contributed by atoms with Gasteiger partial charge in [0.05, 0.1) is 12.0 Å². The van der Waals surface area contributed by atoms with Crippen LogP contribution in [0.5, 0.6) is 0 Å². The summed E-state index contributed by atoms with van der Waals surface area (Å²) in [6.07, 6.45) is 8.75. The third-order valence-electron chi connectivity index (χ3n) is 3.99. The zero-order valence-corrected chi connectivity index (χ0v) is 10.1. The summed E-state index contributed by atoms with van der Waals surface area (Å²) in [5, 5.41) is 2.90. The van der Waals surface area contributed by atoms with Crippen molar-refractivity contribution in [2.45, 2.75) is 45.1 Å². The van der Waals surface area contributed by atoms with Crippen molar-refractivity contribution in [3.8, 4) is 0 Å². The molecule has 1 aromatic heterocycles. The highest BCUT2D eigenvalue weighted by Gasteiger charge is 2.24. The largest absolute Gasteiger partial charge is 0.356 e. The molecule has 0 bridgehead atoms. The first-order chi connectivity index (χ1) is 8.34. The lowest BCUT2D eigenvalue weighted by atomic mass is 10.0. The molecule has 0 unspecified atom stereocenters. The van der Waals surface area contributed by atoms with Gasteiger partial charge in [-0.2, -0.15) is 0 Å². The van der Waals surface area contributed by atoms with E-state index >= 15 is 0 Å². The Morgan fingerprint density at radius 3 is 3.12 bits per heavy atom. The molecule has 1 aromatic rings. The molecule has 1 aliphatic carbocycles. The molecule has 1 saturated heterocycles. The summed E-state index contributed by atoms with van der Waals surface area (Å²) in [6, 6.07) is 0. The van der Waals surface area contributed by atoms with Crippen LogP contribution in [0.15, 0.2) is 6.33 Å². The zero-order valence-electron chi connectivity index (χ0n) is 10.1. The highest BCUT2D eigenvalue weighted by atomic mass is 16.2. The van der Waals surface area contributed by atoms with E-state index in [1.54, 1.807) is 0 Å². The van der Waals surface area contributed by atoms with Gasteiger partial charge >= 0.3 is 0 Å². The molecule has 0 radical (unpaired) electrons. The van der Waals surface area contributed by atoms with Crippen LogP contribution in [-0.4, -0.2) is 22.0 Å². The Kier molecular flexibility index (Phi) is 2.87. The van der Waals surface area contributed by atoms with Crippen LogP contribution in [0.25, 0.3) is 0 Å². The van der Waals surface area contributed by atoms with Gasteiger partial charge in [-0.25, -0.2) is 4.98 Å². The fourth-order valence-electron chi connectivity index (χ4n) is 2.94. The van der Waals surface area contributed by atoms with Crippen LogP contribution in [0, 0.1) is 5.92 Å². The topological polar surface area (TPSA) is 46.9 Å². The molecular formula is C13H19N3O. The summed E-state index contributed by atoms with van der Waals surface area (Å²) in [6.45, 7) is 1.80. The van der Waals surface area contributed by atoms with Crippen LogP contribution in [0.1, 0.15) is 37.1 Å². The predicted molar refractivity (Wildman–Crippen MR) is 64.6 cm³/mol. The number of nitrogens with one attached hydrogen (secondary N) is 1. The number of carbonyl (C=O) groups is 1. The van der Waals surface area contributed by atoms with Gasteiger partial charge in [-0.15, -0.1) is 0 Å². The molecule has 0 saturated carbocycles. The molecule has 17 heavy (non-hydrogen) atoms. The van der Waals surface area contributed by atoms with E-state index in [1.807, 2.05) is 6.33 Å². The predicted octanol–water partition coefficient (Wildman–Crippen LogP) is 1.29. The second kappa shape index (κ2) is 4.51. The van der Waals surface area contributed by atoms with E-state index in [-0.39, 0.29) is 11.8 Å². The van der Waals surface area contributed by atoms with Crippen LogP contribution >= 0.6 is 0 Å². The normalized spacial score (nSPS) is 23.5. The number of amides is 1. The van der Waals surface area contributed by atoms with Gasteiger partial charge in [0.15, 0.2) is 0 Å². The average molecular weight is 233 g/mol. The molecule has 1 aliphatic heterocycles. The summed E-state index contributed by atoms with van der Waals surface area (Å²) >= 11 is 0. The van der Waals surface area contributed by atoms with Crippen LogP contribution in [0.3, 0.4) is 0 Å². The van der Waals surface area contributed by atoms with Crippen LogP contribution in [-0.2, 0) is 24.2 Å². The highest BCUT2D eigenvalue weighted by Crippen LogP contribution is 2.21. The summed E-state index contributed by atoms with van der Waals surface area (Å²) in [5.74, 6) is 0.454. The summed E-state index contributed by atoms with van der Waals surface area (Å²) in [4.78, 5) is 16.0. The van der Waals surface area contributed by atoms with E-state index in [1.165, 1.54) is 24.2 Å². The number of carbonyl (C=O) groups excluding carboxylic acids is 1. The Balaban J connectivity index is 1.65. The second-order valence-electron chi connectivity index (χ2n) is 5.10. The van der Waals surface area contributed by atoms with Crippen molar-refractivity contribution in [1.29, 1.82) is 0 Å². The molecule has 1 N–H and O–H groups in total. The minimum absolute atomic E-state index is 0.219. The van der Waals surface area contributed by atoms with Crippen molar-refractivity contribution < 1.29 is 4.79 Å². The Morgan fingerprint density at radius 2 is 2.29 bits per heavy atom. The summed E-state index contributed by atoms with van der Waals surface area (Å²) in [5.41, 5.74) is 2.70. The Bertz CT molecular complexity index is 424. The fourth-order valence-corrected chi connectivity index (χ4v) is 2.94. The van der Waals surface area contributed by atoms with E-state index in [2.05, 4.69) is 14.9 Å². The molecule has 92 valence electrons. The highest BCUT2D eigenvalue weighted by molar-refractivity contribution is 5.80. The Hall–Kier alpha value is -1.32. The number of aromatic nitrogens is 2. The van der Waals surface area contributed by atoms with Crippen molar-refractivity contribution >= 4 is 5.91 Å². The number of hydrogen-bond acceptors (Lipinski definition) is 2. The third-order valence-corrected chi connectivity index (χ3v) is 3.99. The number of hydrogen-bond donors (Lipinski definition) is 1. The van der Waals surface area contributed by atoms with E-state index in [0.29, 0.717) is 0 Å². The van der Waals surface area contributed by atoms with Gasteiger partial charge < -0.3 is 9.88 Å². The van der Waals surface area contributed by atoms with Gasteiger partial charge in [0.1, 0.15) is 0 Å². The van der Waals surface area contributed by atoms with E-state index < -0.39 is 0 Å². The lowest BCUT2D eigenvalue weighted by Crippen LogP contribution is -2.20. The van der Waals surface area contributed by atoms with Gasteiger partial charge in [0.2, 0.25) is 5.91 Å². The standard InChI is InChI=1S/C13H19N3O/c17-13-10(5-7-14-13)6-8-16-9-15-11-3-1-2-4-12(11)16/h9-10H,1-8H2,(H,14,17)/t10-/m1/s1. The van der Waals surface area contributed by atoms with Crippen LogP contribution in [0.2, 0.25) is 0 Å². The van der Waals surface area contributed by atoms with Crippen molar-refractivity contribution in [2.24, 2.45) is 5.92 Å². The summed E-state index contributed by atoms with van der Waals surface area (Å²) < 4.78 is 2.26. The molecule has 1 atom stereocenters. The van der Waals surface area contributed by atoms with Gasteiger partial charge in [-0.1, -0.05) is 0 Å². The lowest BCUT2D eigenvalue weighted by Gasteiger charge is -2.15. The molecule has 1 amide bonds. The van der Waals surface area contributed by atoms with Crippen LogP contribution in [0.4, 0.5) is 0 Å². The smallest absolute Gasteiger partial charge is 0.223 e. The van der Waals surface area contributed by atoms with Crippen LogP contribution < -0.4 is 5.32 Å². The Morgan fingerprint density at radius 1 is 1.41 bits per heavy atom. The summed E-state index contributed by atoms with van der Waals surface area (Å²) in [7, 11) is 0. The van der Waals surface area contributed by atoms with Crippen molar-refractivity contribution in [3.63, 3.8) is 0 Å². The maximum atomic E-state index is 11.5. The number of rotatable bonds is 3. The van der Waals surface area contributed by atoms with Gasteiger partial charge in [0.25, 0.3) is 0 Å². The van der Waals surface area contributed by atoms with Crippen molar-refractivity contribution in [3.05, 3.63) is 17.7 Å². The zero-order chi connectivity index (χ0) is 11.7. The molecule has 0 aromatic carbocycles. The molecule has 2 heterocycles. The Labute approximate surface area is 101 Å². The average Bonchev–Trinajstić information content (AvgIpc) is 2.93. The molecule has 0 spiro atoms. The van der Waals surface area contributed by atoms with Gasteiger partial charge in [0, 0.05) is 24.7 Å². The number of nitrogens with zero attached hydrogens (tertiary/aromatic N) is 2. The maximum Gasteiger partial charge on any atom is 0.223 e. The number of aryl methyl sites for hydroxylation is 2. The van der Waals surface area contributed by atoms with Gasteiger partial charge in [-0.3, -0.25) is 4.79 Å². The number of fused-ring (bicyclic) bond motifs is 1. The minimum atomic E-state index is 0.219. The quantitative estimate of drug-likeness (QED) is 0.855. The lowest BCUT2D eigenvalue weighted by molar-refractivity contribution is -0.122. The maximum absolute atomic E-state index is 11.5. The fraction of sp³-hybridized carbons (Fsp3) is 0.692. The van der Waals surface area contributed by atoms with E-state index in [0.717, 1.165) is 38.8 Å².